The van der Waals surface area contributed by atoms with Gasteiger partial charge in [-0.05, 0) is 48.9 Å². The molecule has 0 saturated heterocycles. The second-order valence-electron chi connectivity index (χ2n) is 6.32. The van der Waals surface area contributed by atoms with Crippen LogP contribution >= 0.6 is 0 Å². The molecule has 0 atom stereocenters. The van der Waals surface area contributed by atoms with Crippen LogP contribution in [0.2, 0.25) is 0 Å². The van der Waals surface area contributed by atoms with Crippen molar-refractivity contribution >= 4 is 39.0 Å². The monoisotopic (exact) mass is 371 g/mol. The number of anilines is 2. The van der Waals surface area contributed by atoms with Crippen molar-refractivity contribution in [2.24, 2.45) is 5.14 Å². The van der Waals surface area contributed by atoms with Crippen LogP contribution in [-0.2, 0) is 14.8 Å². The highest BCUT2D eigenvalue weighted by atomic mass is 32.2. The predicted octanol–water partition coefficient (Wildman–Crippen LogP) is 2.31. The molecule has 2 aromatic carbocycles. The molecule has 6 nitrogen and oxygen atoms in total. The number of hydrogen-bond acceptors (Lipinski definition) is 4. The molecule has 3 rings (SSSR count). The topological polar surface area (TPSA) is 83.7 Å². The third kappa shape index (κ3) is 3.23. The van der Waals surface area contributed by atoms with Crippen LogP contribution < -0.4 is 14.9 Å². The van der Waals surface area contributed by atoms with Crippen molar-refractivity contribution in [3.8, 4) is 0 Å². The Labute approximate surface area is 153 Å². The van der Waals surface area contributed by atoms with Crippen LogP contribution in [0, 0.1) is 0 Å². The first kappa shape index (κ1) is 18.2. The van der Waals surface area contributed by atoms with Gasteiger partial charge in [-0.25, -0.2) is 13.6 Å². The summed E-state index contributed by atoms with van der Waals surface area (Å²) in [5.41, 5.74) is 3.66. The number of nitrogens with two attached hydrogens (primary N) is 1. The third-order valence-electron chi connectivity index (χ3n) is 4.39. The van der Waals surface area contributed by atoms with Crippen LogP contribution in [0.1, 0.15) is 18.1 Å². The van der Waals surface area contributed by atoms with Gasteiger partial charge in [-0.15, -0.1) is 0 Å². The lowest BCUT2D eigenvalue weighted by molar-refractivity contribution is -0.112. The van der Waals surface area contributed by atoms with Gasteiger partial charge in [0, 0.05) is 37.5 Å². The maximum atomic E-state index is 12.8. The van der Waals surface area contributed by atoms with E-state index in [0.717, 1.165) is 11.3 Å². The van der Waals surface area contributed by atoms with E-state index in [1.165, 1.54) is 12.1 Å². The van der Waals surface area contributed by atoms with Crippen LogP contribution in [0.3, 0.4) is 0 Å². The van der Waals surface area contributed by atoms with E-state index in [4.69, 9.17) is 5.14 Å². The molecule has 0 fully saturated rings. The average Bonchev–Trinajstić information content (AvgIpc) is 2.85. The van der Waals surface area contributed by atoms with Gasteiger partial charge in [0.2, 0.25) is 10.0 Å². The molecule has 0 aromatic heterocycles. The van der Waals surface area contributed by atoms with Crippen molar-refractivity contribution in [1.82, 2.24) is 0 Å². The van der Waals surface area contributed by atoms with E-state index in [1.807, 2.05) is 50.2 Å². The summed E-state index contributed by atoms with van der Waals surface area (Å²) in [7, 11) is 0.0729. The molecular formula is C19H21N3O3S. The van der Waals surface area contributed by atoms with E-state index in [0.29, 0.717) is 23.4 Å². The van der Waals surface area contributed by atoms with Gasteiger partial charge in [-0.2, -0.15) is 0 Å². The normalized spacial score (nSPS) is 15.5. The Balaban J connectivity index is 2.12. The predicted molar refractivity (Wildman–Crippen MR) is 104 cm³/mol. The number of nitrogens with zero attached hydrogens (tertiary/aromatic N) is 2. The summed E-state index contributed by atoms with van der Waals surface area (Å²) in [5, 5.41) is 5.25. The Morgan fingerprint density at radius 2 is 1.77 bits per heavy atom. The molecule has 136 valence electrons. The summed E-state index contributed by atoms with van der Waals surface area (Å²) >= 11 is 0. The fourth-order valence-electron chi connectivity index (χ4n) is 3.00. The van der Waals surface area contributed by atoms with E-state index in [-0.39, 0.29) is 10.8 Å². The van der Waals surface area contributed by atoms with Gasteiger partial charge in [-0.3, -0.25) is 4.79 Å². The molecule has 0 spiro atoms. The second-order valence-corrected chi connectivity index (χ2v) is 7.88. The van der Waals surface area contributed by atoms with E-state index in [2.05, 4.69) is 0 Å². The maximum absolute atomic E-state index is 12.8. The lowest BCUT2D eigenvalue weighted by Gasteiger charge is -2.14. The van der Waals surface area contributed by atoms with Crippen molar-refractivity contribution in [1.29, 1.82) is 0 Å². The Bertz CT molecular complexity index is 993. The minimum Gasteiger partial charge on any atom is -0.378 e. The average molecular weight is 371 g/mol. The highest BCUT2D eigenvalue weighted by Gasteiger charge is 2.32. The largest absolute Gasteiger partial charge is 0.378 e. The van der Waals surface area contributed by atoms with Gasteiger partial charge >= 0.3 is 0 Å². The van der Waals surface area contributed by atoms with Gasteiger partial charge in [0.15, 0.2) is 0 Å². The van der Waals surface area contributed by atoms with Gasteiger partial charge < -0.3 is 9.80 Å². The molecule has 0 radical (unpaired) electrons. The number of fused-ring (bicyclic) bond motifs is 1. The molecule has 2 N–H and O–H groups in total. The summed E-state index contributed by atoms with van der Waals surface area (Å²) < 4.78 is 23.4. The number of rotatable bonds is 4. The molecule has 0 saturated carbocycles. The quantitative estimate of drug-likeness (QED) is 0.836. The van der Waals surface area contributed by atoms with E-state index >= 15 is 0 Å². The zero-order valence-electron chi connectivity index (χ0n) is 14.9. The molecule has 0 aliphatic carbocycles. The zero-order chi connectivity index (χ0) is 19.1. The number of amides is 1. The molecule has 2 aromatic rings. The van der Waals surface area contributed by atoms with Crippen LogP contribution in [-0.4, -0.2) is 35.0 Å². The van der Waals surface area contributed by atoms with Crippen molar-refractivity contribution in [2.45, 2.75) is 11.8 Å². The summed E-state index contributed by atoms with van der Waals surface area (Å²) in [6, 6.07) is 12.3. The molecule has 7 heteroatoms. The summed E-state index contributed by atoms with van der Waals surface area (Å²) in [6.45, 7) is 2.38. The lowest BCUT2D eigenvalue weighted by atomic mass is 10.0. The smallest absolute Gasteiger partial charge is 0.258 e. The van der Waals surface area contributed by atoms with Crippen LogP contribution in [0.5, 0.6) is 0 Å². The highest BCUT2D eigenvalue weighted by Crippen LogP contribution is 2.38. The van der Waals surface area contributed by atoms with E-state index in [1.54, 1.807) is 17.0 Å². The highest BCUT2D eigenvalue weighted by molar-refractivity contribution is 7.89. The molecular weight excluding hydrogens is 350 g/mol. The standard InChI is InChI=1S/C19H21N3O3S/c1-4-22-18-10-9-15(26(20,24)25)12-16(18)17(19(22)23)11-13-5-7-14(8-6-13)21(2)3/h5-12H,4H2,1-3H3,(H2,20,24,25). The van der Waals surface area contributed by atoms with Crippen molar-refractivity contribution in [3.63, 3.8) is 0 Å². The SMILES string of the molecule is CCN1C(=O)C(=Cc2ccc(N(C)C)cc2)c2cc(S(N)(=O)=O)ccc21. The van der Waals surface area contributed by atoms with E-state index in [9.17, 15) is 13.2 Å². The number of carbonyl (C=O) groups excluding carboxylic acids is 1. The van der Waals surface area contributed by atoms with Crippen molar-refractivity contribution < 1.29 is 13.2 Å². The number of primary sulfonamides is 1. The van der Waals surface area contributed by atoms with Crippen LogP contribution in [0.4, 0.5) is 11.4 Å². The van der Waals surface area contributed by atoms with Crippen molar-refractivity contribution in [2.75, 3.05) is 30.4 Å². The molecule has 26 heavy (non-hydrogen) atoms. The molecule has 1 aliphatic heterocycles. The molecule has 0 unspecified atom stereocenters. The fraction of sp³-hybridized carbons (Fsp3) is 0.211. The van der Waals surface area contributed by atoms with Crippen LogP contribution in [0.15, 0.2) is 47.4 Å². The summed E-state index contributed by atoms with van der Waals surface area (Å²) in [5.74, 6) is -0.147. The number of likely N-dealkylation sites (N-methyl/N-ethyl adjacent to an activating group) is 1. The molecule has 1 heterocycles. The Morgan fingerprint density at radius 3 is 2.31 bits per heavy atom. The molecule has 1 aliphatic rings. The minimum atomic E-state index is -3.84. The summed E-state index contributed by atoms with van der Waals surface area (Å²) in [6.07, 6.45) is 1.78. The Morgan fingerprint density at radius 1 is 1.12 bits per heavy atom. The first-order valence-corrected chi connectivity index (χ1v) is 9.75. The van der Waals surface area contributed by atoms with Crippen LogP contribution in [0.25, 0.3) is 11.6 Å². The summed E-state index contributed by atoms with van der Waals surface area (Å²) in [4.78, 5) is 16.4. The second kappa shape index (κ2) is 6.59. The maximum Gasteiger partial charge on any atom is 0.258 e. The molecule has 0 bridgehead atoms. The Hall–Kier alpha value is -2.64. The molecule has 1 amide bonds. The number of carbonyl (C=O) groups is 1. The number of sulfonamides is 1. The first-order chi connectivity index (χ1) is 12.2. The van der Waals surface area contributed by atoms with Gasteiger partial charge in [0.25, 0.3) is 5.91 Å². The van der Waals surface area contributed by atoms with Gasteiger partial charge in [0.1, 0.15) is 0 Å². The van der Waals surface area contributed by atoms with Gasteiger partial charge in [0.05, 0.1) is 10.6 Å². The fourth-order valence-corrected chi connectivity index (χ4v) is 3.54. The zero-order valence-corrected chi connectivity index (χ0v) is 15.7. The van der Waals surface area contributed by atoms with E-state index < -0.39 is 10.0 Å². The van der Waals surface area contributed by atoms with Crippen molar-refractivity contribution in [3.05, 3.63) is 53.6 Å². The third-order valence-corrected chi connectivity index (χ3v) is 5.30. The van der Waals surface area contributed by atoms with Gasteiger partial charge in [-0.1, -0.05) is 12.1 Å². The Kier molecular flexibility index (Phi) is 4.60. The number of benzene rings is 2. The number of hydrogen-bond donors (Lipinski definition) is 1. The minimum absolute atomic E-state index is 0.00383. The lowest BCUT2D eigenvalue weighted by Crippen LogP contribution is -2.25. The first-order valence-electron chi connectivity index (χ1n) is 8.20.